The number of hydrogen-bond donors (Lipinski definition) is 1. The molecular formula is C18H17ClN2OS. The lowest BCUT2D eigenvalue weighted by atomic mass is 9.64. The summed E-state index contributed by atoms with van der Waals surface area (Å²) in [5.74, 6) is -0.538. The van der Waals surface area contributed by atoms with Crippen molar-refractivity contribution in [3.05, 3.63) is 45.5 Å². The van der Waals surface area contributed by atoms with E-state index in [1.54, 1.807) is 12.1 Å². The third kappa shape index (κ3) is 2.96. The molecule has 0 N–H and O–H groups in total. The molecule has 0 aromatic heterocycles. The number of ketones is 1. The Morgan fingerprint density at radius 2 is 1.91 bits per heavy atom. The normalized spacial score (nSPS) is 26.4. The van der Waals surface area contributed by atoms with Gasteiger partial charge in [0.1, 0.15) is 10.8 Å². The predicted molar refractivity (Wildman–Crippen MR) is 94.8 cm³/mol. The van der Waals surface area contributed by atoms with E-state index in [1.165, 1.54) is 0 Å². The Bertz CT molecular complexity index is 771. The van der Waals surface area contributed by atoms with E-state index in [0.29, 0.717) is 22.0 Å². The standard InChI is InChI=1S/C18H17ClN2OS/c1-18(2)7-13-16(14(22)8-18)15(12(9-20)17(23)21-13)10-3-5-11(19)6-4-10/h3-6,15-16,23H,7-8H2,1-2H3/t15-,16?/m1/s1. The molecule has 1 unspecified atom stereocenters. The van der Waals surface area contributed by atoms with Crippen molar-refractivity contribution in [2.75, 3.05) is 0 Å². The average Bonchev–Trinajstić information content (AvgIpc) is 2.45. The Morgan fingerprint density at radius 3 is 2.52 bits per heavy atom. The molecule has 3 rings (SSSR count). The third-order valence-corrected chi connectivity index (χ3v) is 5.10. The van der Waals surface area contributed by atoms with Crippen molar-refractivity contribution >= 4 is 35.7 Å². The number of aliphatic imine (C=N–C) groups is 1. The molecule has 1 aromatic rings. The summed E-state index contributed by atoms with van der Waals surface area (Å²) in [7, 11) is 0. The maximum Gasteiger partial charge on any atom is 0.143 e. The van der Waals surface area contributed by atoms with Crippen LogP contribution in [0.15, 0.2) is 39.9 Å². The highest BCUT2D eigenvalue weighted by Crippen LogP contribution is 2.47. The van der Waals surface area contributed by atoms with E-state index in [4.69, 9.17) is 11.6 Å². The van der Waals surface area contributed by atoms with Crippen LogP contribution in [-0.2, 0) is 4.79 Å². The molecule has 2 aliphatic rings. The lowest BCUT2D eigenvalue weighted by Crippen LogP contribution is -2.42. The van der Waals surface area contributed by atoms with Gasteiger partial charge in [0.15, 0.2) is 0 Å². The second-order valence-corrected chi connectivity index (χ2v) is 7.80. The van der Waals surface area contributed by atoms with Gasteiger partial charge in [-0.05, 0) is 29.5 Å². The van der Waals surface area contributed by atoms with Gasteiger partial charge in [-0.3, -0.25) is 4.79 Å². The summed E-state index contributed by atoms with van der Waals surface area (Å²) < 4.78 is 0. The molecule has 1 heterocycles. The van der Waals surface area contributed by atoms with Crippen molar-refractivity contribution < 1.29 is 4.79 Å². The maximum atomic E-state index is 12.8. The van der Waals surface area contributed by atoms with Crippen LogP contribution in [0.2, 0.25) is 5.02 Å². The van der Waals surface area contributed by atoms with Gasteiger partial charge in [0.05, 0.1) is 17.6 Å². The highest BCUT2D eigenvalue weighted by molar-refractivity contribution is 7.84. The van der Waals surface area contributed by atoms with Crippen molar-refractivity contribution in [1.82, 2.24) is 0 Å². The van der Waals surface area contributed by atoms with Crippen molar-refractivity contribution in [2.45, 2.75) is 32.6 Å². The Labute approximate surface area is 146 Å². The van der Waals surface area contributed by atoms with Gasteiger partial charge in [0.25, 0.3) is 0 Å². The van der Waals surface area contributed by atoms with E-state index in [9.17, 15) is 10.1 Å². The highest BCUT2D eigenvalue weighted by atomic mass is 35.5. The minimum atomic E-state index is -0.366. The van der Waals surface area contributed by atoms with Gasteiger partial charge in [0, 0.05) is 23.1 Å². The van der Waals surface area contributed by atoms with Gasteiger partial charge in [-0.2, -0.15) is 5.26 Å². The number of carbonyl (C=O) groups excluding carboxylic acids is 1. The van der Waals surface area contributed by atoms with Crippen LogP contribution >= 0.6 is 24.2 Å². The van der Waals surface area contributed by atoms with Crippen LogP contribution in [0.3, 0.4) is 0 Å². The molecule has 0 saturated heterocycles. The topological polar surface area (TPSA) is 53.2 Å². The molecule has 0 spiro atoms. The number of nitriles is 1. The number of hydrogen-bond acceptors (Lipinski definition) is 4. The van der Waals surface area contributed by atoms with E-state index in [-0.39, 0.29) is 23.0 Å². The lowest BCUT2D eigenvalue weighted by molar-refractivity contribution is -0.124. The zero-order valence-corrected chi connectivity index (χ0v) is 14.7. The molecule has 1 aromatic carbocycles. The fourth-order valence-electron chi connectivity index (χ4n) is 3.57. The quantitative estimate of drug-likeness (QED) is 0.760. The van der Waals surface area contributed by atoms with Crippen LogP contribution in [0.5, 0.6) is 0 Å². The van der Waals surface area contributed by atoms with Crippen LogP contribution in [0.1, 0.15) is 38.2 Å². The zero-order valence-electron chi connectivity index (χ0n) is 13.0. The molecule has 2 atom stereocenters. The molecule has 0 bridgehead atoms. The first kappa shape index (κ1) is 16.3. The summed E-state index contributed by atoms with van der Waals surface area (Å²) in [6.45, 7) is 4.14. The molecule has 0 radical (unpaired) electrons. The van der Waals surface area contributed by atoms with E-state index in [0.717, 1.165) is 17.7 Å². The van der Waals surface area contributed by atoms with Crippen molar-refractivity contribution in [1.29, 1.82) is 5.26 Å². The third-order valence-electron chi connectivity index (χ3n) is 4.50. The molecule has 3 nitrogen and oxygen atoms in total. The van der Waals surface area contributed by atoms with E-state index in [2.05, 4.69) is 37.5 Å². The van der Waals surface area contributed by atoms with Crippen molar-refractivity contribution in [3.63, 3.8) is 0 Å². The van der Waals surface area contributed by atoms with Gasteiger partial charge < -0.3 is 0 Å². The van der Waals surface area contributed by atoms with E-state index in [1.807, 2.05) is 12.1 Å². The first-order chi connectivity index (χ1) is 10.8. The minimum Gasteiger partial charge on any atom is -0.299 e. The van der Waals surface area contributed by atoms with Crippen molar-refractivity contribution in [2.24, 2.45) is 16.3 Å². The summed E-state index contributed by atoms with van der Waals surface area (Å²) in [4.78, 5) is 17.3. The summed E-state index contributed by atoms with van der Waals surface area (Å²) in [5.41, 5.74) is 2.10. The van der Waals surface area contributed by atoms with E-state index >= 15 is 0 Å². The number of allylic oxidation sites excluding steroid dienone is 1. The van der Waals surface area contributed by atoms with Crippen LogP contribution < -0.4 is 0 Å². The summed E-state index contributed by atoms with van der Waals surface area (Å²) >= 11 is 10.4. The monoisotopic (exact) mass is 344 g/mol. The summed E-state index contributed by atoms with van der Waals surface area (Å²) in [6, 6.07) is 9.52. The van der Waals surface area contributed by atoms with Crippen LogP contribution in [0, 0.1) is 22.7 Å². The van der Waals surface area contributed by atoms with Crippen LogP contribution in [-0.4, -0.2) is 11.5 Å². The Balaban J connectivity index is 2.14. The molecule has 118 valence electrons. The van der Waals surface area contributed by atoms with E-state index < -0.39 is 0 Å². The SMILES string of the molecule is CC1(C)CC(=O)C2C(=NC(S)=C(C#N)[C@H]2c2ccc(Cl)cc2)C1. The Kier molecular flexibility index (Phi) is 4.12. The molecule has 0 amide bonds. The second-order valence-electron chi connectivity index (χ2n) is 6.94. The lowest BCUT2D eigenvalue weighted by Gasteiger charge is -2.40. The number of halogens is 1. The molecule has 5 heteroatoms. The first-order valence-electron chi connectivity index (χ1n) is 7.51. The van der Waals surface area contributed by atoms with Crippen LogP contribution in [0.4, 0.5) is 0 Å². The van der Waals surface area contributed by atoms with Gasteiger partial charge in [-0.1, -0.05) is 37.6 Å². The zero-order chi connectivity index (χ0) is 16.8. The maximum absolute atomic E-state index is 12.8. The minimum absolute atomic E-state index is 0.102. The second kappa shape index (κ2) is 5.81. The molecule has 23 heavy (non-hydrogen) atoms. The number of Topliss-reactive ketones (excluding diaryl/α,β-unsaturated/α-hetero) is 1. The van der Waals surface area contributed by atoms with Gasteiger partial charge in [-0.25, -0.2) is 4.99 Å². The molecule has 1 fully saturated rings. The number of thiol groups is 1. The smallest absolute Gasteiger partial charge is 0.143 e. The number of fused-ring (bicyclic) bond motifs is 1. The largest absolute Gasteiger partial charge is 0.299 e. The number of carbonyl (C=O) groups is 1. The van der Waals surface area contributed by atoms with Gasteiger partial charge in [0.2, 0.25) is 0 Å². The number of nitrogens with zero attached hydrogens (tertiary/aromatic N) is 2. The highest BCUT2D eigenvalue weighted by Gasteiger charge is 2.46. The average molecular weight is 345 g/mol. The summed E-state index contributed by atoms with van der Waals surface area (Å²) in [6.07, 6.45) is 1.25. The Morgan fingerprint density at radius 1 is 1.26 bits per heavy atom. The fraction of sp³-hybridized carbons (Fsp3) is 0.389. The van der Waals surface area contributed by atoms with Gasteiger partial charge >= 0.3 is 0 Å². The van der Waals surface area contributed by atoms with Crippen LogP contribution in [0.25, 0.3) is 0 Å². The molecule has 1 aliphatic heterocycles. The molecule has 1 saturated carbocycles. The fourth-order valence-corrected chi connectivity index (χ4v) is 4.01. The summed E-state index contributed by atoms with van der Waals surface area (Å²) in [5, 5.41) is 10.6. The van der Waals surface area contributed by atoms with Gasteiger partial charge in [-0.15, -0.1) is 12.6 Å². The number of rotatable bonds is 1. The van der Waals surface area contributed by atoms with Crippen molar-refractivity contribution in [3.8, 4) is 6.07 Å². The molecule has 1 aliphatic carbocycles. The predicted octanol–water partition coefficient (Wildman–Crippen LogP) is 4.55. The Hall–Kier alpha value is -1.57. The first-order valence-corrected chi connectivity index (χ1v) is 8.34. The number of benzene rings is 1. The molecular weight excluding hydrogens is 328 g/mol.